The van der Waals surface area contributed by atoms with Crippen LogP contribution in [-0.2, 0) is 11.2 Å². The summed E-state index contributed by atoms with van der Waals surface area (Å²) in [5.74, 6) is 1.64. The molecule has 1 saturated heterocycles. The summed E-state index contributed by atoms with van der Waals surface area (Å²) in [4.78, 5) is 11.9. The molecule has 3 rings (SSSR count). The van der Waals surface area contributed by atoms with Gasteiger partial charge in [0.2, 0.25) is 0 Å². The molecule has 1 aromatic rings. The number of likely N-dealkylation sites (tertiary alicyclic amines) is 1. The average Bonchev–Trinajstić information content (AvgIpc) is 2.82. The van der Waals surface area contributed by atoms with Gasteiger partial charge in [0, 0.05) is 24.9 Å². The molecule has 176 valence electrons. The van der Waals surface area contributed by atoms with Crippen LogP contribution in [0.25, 0.3) is 0 Å². The van der Waals surface area contributed by atoms with E-state index < -0.39 is 0 Å². The van der Waals surface area contributed by atoms with Crippen LogP contribution in [0, 0.1) is 0 Å². The van der Waals surface area contributed by atoms with E-state index in [0.29, 0.717) is 18.1 Å². The Morgan fingerprint density at radius 1 is 0.871 bits per heavy atom. The molecule has 0 amide bonds. The Hall–Kier alpha value is -1.00. The third kappa shape index (κ3) is 7.82. The van der Waals surface area contributed by atoms with Crippen LogP contribution >= 0.6 is 0 Å². The number of piperidine rings is 1. The van der Waals surface area contributed by atoms with Crippen LogP contribution < -0.4 is 0 Å². The molecule has 0 spiro atoms. The molecule has 0 N–H and O–H groups in total. The molecule has 2 heterocycles. The molecule has 1 aliphatic carbocycles. The fourth-order valence-electron chi connectivity index (χ4n) is 5.49. The second kappa shape index (κ2) is 13.5. The maximum atomic E-state index is 6.60. The Morgan fingerprint density at radius 3 is 2.03 bits per heavy atom. The van der Waals surface area contributed by atoms with Gasteiger partial charge in [-0.15, -0.1) is 0 Å². The van der Waals surface area contributed by atoms with Gasteiger partial charge in [-0.3, -0.25) is 0 Å². The minimum atomic E-state index is 0.503. The van der Waals surface area contributed by atoms with Gasteiger partial charge in [0.1, 0.15) is 5.82 Å². The van der Waals surface area contributed by atoms with Gasteiger partial charge in [0.25, 0.3) is 0 Å². The summed E-state index contributed by atoms with van der Waals surface area (Å²) in [6.45, 7) is 9.23. The zero-order valence-corrected chi connectivity index (χ0v) is 20.5. The van der Waals surface area contributed by atoms with Gasteiger partial charge < -0.3 is 9.64 Å². The maximum Gasteiger partial charge on any atom is 0.128 e. The predicted octanol–water partition coefficient (Wildman–Crippen LogP) is 6.69. The molecule has 0 radical (unpaired) electrons. The van der Waals surface area contributed by atoms with E-state index in [1.54, 1.807) is 0 Å². The number of aromatic nitrogens is 2. The van der Waals surface area contributed by atoms with Crippen molar-refractivity contribution in [3.05, 3.63) is 23.8 Å². The monoisotopic (exact) mass is 429 g/mol. The number of rotatable bonds is 12. The van der Waals surface area contributed by atoms with Gasteiger partial charge in [-0.25, -0.2) is 9.97 Å². The van der Waals surface area contributed by atoms with Crippen molar-refractivity contribution in [3.8, 4) is 0 Å². The highest BCUT2D eigenvalue weighted by Crippen LogP contribution is 2.33. The summed E-state index contributed by atoms with van der Waals surface area (Å²) in [7, 11) is 0. The summed E-state index contributed by atoms with van der Waals surface area (Å²) in [5.41, 5.74) is 1.35. The van der Waals surface area contributed by atoms with Gasteiger partial charge >= 0.3 is 0 Å². The van der Waals surface area contributed by atoms with Crippen LogP contribution in [0.1, 0.15) is 122 Å². The molecule has 4 nitrogen and oxygen atoms in total. The Morgan fingerprint density at radius 2 is 1.48 bits per heavy atom. The lowest BCUT2D eigenvalue weighted by Crippen LogP contribution is -2.44. The zero-order valence-electron chi connectivity index (χ0n) is 20.5. The van der Waals surface area contributed by atoms with E-state index in [4.69, 9.17) is 4.74 Å². The van der Waals surface area contributed by atoms with Crippen molar-refractivity contribution in [2.45, 2.75) is 135 Å². The topological polar surface area (TPSA) is 38.2 Å². The Bertz CT molecular complexity index is 581. The first-order valence-corrected chi connectivity index (χ1v) is 13.4. The summed E-state index contributed by atoms with van der Waals surface area (Å²) < 4.78 is 6.60. The molecule has 4 heteroatoms. The van der Waals surface area contributed by atoms with E-state index >= 15 is 0 Å². The van der Waals surface area contributed by atoms with Crippen molar-refractivity contribution < 1.29 is 4.74 Å². The highest BCUT2D eigenvalue weighted by molar-refractivity contribution is 5.13. The molecule has 1 aromatic heterocycles. The van der Waals surface area contributed by atoms with E-state index in [1.165, 1.54) is 95.7 Å². The number of aryl methyl sites for hydroxylation is 1. The molecule has 0 aromatic carbocycles. The van der Waals surface area contributed by atoms with Crippen molar-refractivity contribution in [2.24, 2.45) is 0 Å². The highest BCUT2D eigenvalue weighted by Gasteiger charge is 2.30. The summed E-state index contributed by atoms with van der Waals surface area (Å²) >= 11 is 0. The van der Waals surface area contributed by atoms with Gasteiger partial charge in [0.15, 0.2) is 0 Å². The summed E-state index contributed by atoms with van der Waals surface area (Å²) in [6, 6.07) is 0.772. The molecule has 1 aliphatic heterocycles. The summed E-state index contributed by atoms with van der Waals surface area (Å²) in [5, 5.41) is 0. The molecule has 0 atom stereocenters. The number of unbranched alkanes of at least 4 members (excludes halogenated alkanes) is 2. The highest BCUT2D eigenvalue weighted by atomic mass is 16.5. The fourth-order valence-corrected chi connectivity index (χ4v) is 5.49. The average molecular weight is 430 g/mol. The van der Waals surface area contributed by atoms with Crippen LogP contribution in [-0.4, -0.2) is 46.2 Å². The first-order chi connectivity index (χ1) is 15.2. The minimum absolute atomic E-state index is 0.503. The second-order valence-electron chi connectivity index (χ2n) is 9.97. The zero-order chi connectivity index (χ0) is 21.9. The third-order valence-electron chi connectivity index (χ3n) is 7.50. The quantitative estimate of drug-likeness (QED) is 0.371. The number of hydrogen-bond acceptors (Lipinski definition) is 4. The normalized spacial score (nSPS) is 23.5. The lowest BCUT2D eigenvalue weighted by Gasteiger charge is -2.41. The van der Waals surface area contributed by atoms with Gasteiger partial charge in [-0.05, 0) is 82.4 Å². The maximum absolute atomic E-state index is 6.60. The first-order valence-electron chi connectivity index (χ1n) is 13.4. The van der Waals surface area contributed by atoms with E-state index in [9.17, 15) is 0 Å². The number of ether oxygens (including phenoxy) is 1. The molecule has 1 saturated carbocycles. The number of nitrogens with zero attached hydrogens (tertiary/aromatic N) is 3. The largest absolute Gasteiger partial charge is 0.375 e. The minimum Gasteiger partial charge on any atom is -0.375 e. The van der Waals surface area contributed by atoms with Crippen molar-refractivity contribution in [2.75, 3.05) is 13.1 Å². The van der Waals surface area contributed by atoms with E-state index in [1.807, 2.05) is 0 Å². The summed E-state index contributed by atoms with van der Waals surface area (Å²) in [6.07, 6.45) is 22.6. The van der Waals surface area contributed by atoms with E-state index in [2.05, 4.69) is 48.0 Å². The Balaban J connectivity index is 1.39. The van der Waals surface area contributed by atoms with Gasteiger partial charge in [-0.1, -0.05) is 46.5 Å². The van der Waals surface area contributed by atoms with Gasteiger partial charge in [0.05, 0.1) is 12.2 Å². The fraction of sp³-hybridized carbons (Fsp3) is 0.852. The van der Waals surface area contributed by atoms with Crippen molar-refractivity contribution in [1.82, 2.24) is 14.9 Å². The van der Waals surface area contributed by atoms with Crippen molar-refractivity contribution in [1.29, 1.82) is 0 Å². The van der Waals surface area contributed by atoms with Crippen LogP contribution in [0.5, 0.6) is 0 Å². The van der Waals surface area contributed by atoms with Crippen molar-refractivity contribution >= 4 is 0 Å². The SMILES string of the molecule is CCCCC(CCCC)OC1CCC(N2CCC(c3cnc(CCC)nc3)CC2)CC1. The lowest BCUT2D eigenvalue weighted by atomic mass is 9.87. The Kier molecular flexibility index (Phi) is 10.7. The predicted molar refractivity (Wildman–Crippen MR) is 130 cm³/mol. The smallest absolute Gasteiger partial charge is 0.128 e. The lowest BCUT2D eigenvalue weighted by molar-refractivity contribution is -0.0506. The van der Waals surface area contributed by atoms with Crippen LogP contribution in [0.15, 0.2) is 12.4 Å². The molecule has 2 fully saturated rings. The third-order valence-corrected chi connectivity index (χ3v) is 7.50. The molecule has 0 unspecified atom stereocenters. The molecule has 2 aliphatic rings. The van der Waals surface area contributed by atoms with Crippen LogP contribution in [0.2, 0.25) is 0 Å². The van der Waals surface area contributed by atoms with Crippen LogP contribution in [0.3, 0.4) is 0 Å². The van der Waals surface area contributed by atoms with E-state index in [-0.39, 0.29) is 0 Å². The molecular formula is C27H47N3O. The van der Waals surface area contributed by atoms with Crippen molar-refractivity contribution in [3.63, 3.8) is 0 Å². The van der Waals surface area contributed by atoms with Gasteiger partial charge in [-0.2, -0.15) is 0 Å². The van der Waals surface area contributed by atoms with Crippen LogP contribution in [0.4, 0.5) is 0 Å². The molecule has 0 bridgehead atoms. The Labute approximate surface area is 191 Å². The standard InChI is InChI=1S/C27H47N3O/c1-4-7-10-25(11-8-5-2)31-26-14-12-24(13-15-26)30-18-16-22(17-19-30)23-20-28-27(9-6-3)29-21-23/h20-22,24-26H,4-19H2,1-3H3. The first kappa shape index (κ1) is 24.6. The van der Waals surface area contributed by atoms with E-state index in [0.717, 1.165) is 24.7 Å². The molecule has 31 heavy (non-hydrogen) atoms. The number of hydrogen-bond donors (Lipinski definition) is 0. The second-order valence-corrected chi connectivity index (χ2v) is 9.97. The molecular weight excluding hydrogens is 382 g/mol.